The first-order valence-electron chi connectivity index (χ1n) is 9.56. The molecule has 0 aliphatic carbocycles. The van der Waals surface area contributed by atoms with Crippen molar-refractivity contribution in [2.24, 2.45) is 4.99 Å². The number of cyclic esters (lactones) is 1. The molecular formula is C25H21NO4. The van der Waals surface area contributed by atoms with Crippen LogP contribution in [-0.4, -0.2) is 19.0 Å². The molecule has 0 spiro atoms. The van der Waals surface area contributed by atoms with Crippen molar-refractivity contribution < 1.29 is 19.0 Å². The largest absolute Gasteiger partial charge is 0.497 e. The summed E-state index contributed by atoms with van der Waals surface area (Å²) in [6.07, 6.45) is 1.70. The summed E-state index contributed by atoms with van der Waals surface area (Å²) in [7, 11) is 1.60. The van der Waals surface area contributed by atoms with E-state index >= 15 is 0 Å². The standard InChI is InChI=1S/C25H21NO4/c1-17-4-3-5-19(14-17)16-29-22-10-6-18(7-11-22)15-23-25(27)30-24(26-23)20-8-12-21(28-2)13-9-20/h3-15H,16H2,1-2H3/b23-15-. The van der Waals surface area contributed by atoms with Crippen LogP contribution in [0.5, 0.6) is 11.5 Å². The summed E-state index contributed by atoms with van der Waals surface area (Å²) in [5.74, 6) is 1.30. The summed E-state index contributed by atoms with van der Waals surface area (Å²) in [5.41, 5.74) is 4.14. The van der Waals surface area contributed by atoms with E-state index in [0.717, 1.165) is 22.6 Å². The molecule has 0 unspecified atom stereocenters. The number of hydrogen-bond donors (Lipinski definition) is 0. The highest BCUT2D eigenvalue weighted by Gasteiger charge is 2.24. The molecular weight excluding hydrogens is 378 g/mol. The van der Waals surface area contributed by atoms with Crippen molar-refractivity contribution in [3.63, 3.8) is 0 Å². The van der Waals surface area contributed by atoms with Crippen LogP contribution >= 0.6 is 0 Å². The molecule has 1 aliphatic heterocycles. The zero-order chi connectivity index (χ0) is 20.9. The summed E-state index contributed by atoms with van der Waals surface area (Å²) < 4.78 is 16.3. The predicted octanol–water partition coefficient (Wildman–Crippen LogP) is 4.93. The number of benzene rings is 3. The number of hydrogen-bond acceptors (Lipinski definition) is 5. The minimum Gasteiger partial charge on any atom is -0.497 e. The van der Waals surface area contributed by atoms with Gasteiger partial charge in [-0.15, -0.1) is 0 Å². The quantitative estimate of drug-likeness (QED) is 0.436. The summed E-state index contributed by atoms with van der Waals surface area (Å²) >= 11 is 0. The van der Waals surface area contributed by atoms with E-state index in [1.807, 2.05) is 36.4 Å². The molecule has 4 rings (SSSR count). The van der Waals surface area contributed by atoms with E-state index in [0.29, 0.717) is 12.2 Å². The Morgan fingerprint density at radius 1 is 0.967 bits per heavy atom. The molecule has 0 fully saturated rings. The van der Waals surface area contributed by atoms with E-state index in [-0.39, 0.29) is 11.6 Å². The van der Waals surface area contributed by atoms with Crippen molar-refractivity contribution in [3.05, 3.63) is 101 Å². The normalized spacial score (nSPS) is 14.4. The van der Waals surface area contributed by atoms with Crippen LogP contribution in [-0.2, 0) is 16.1 Å². The van der Waals surface area contributed by atoms with Gasteiger partial charge in [0.25, 0.3) is 0 Å². The van der Waals surface area contributed by atoms with Gasteiger partial charge in [-0.25, -0.2) is 9.79 Å². The second kappa shape index (κ2) is 8.66. The number of carbonyl (C=O) groups is 1. The second-order valence-electron chi connectivity index (χ2n) is 6.91. The molecule has 3 aromatic rings. The molecule has 0 atom stereocenters. The topological polar surface area (TPSA) is 57.1 Å². The molecule has 0 saturated carbocycles. The van der Waals surface area contributed by atoms with E-state index in [2.05, 4.69) is 24.0 Å². The molecule has 5 heteroatoms. The van der Waals surface area contributed by atoms with Crippen LogP contribution in [0.1, 0.15) is 22.3 Å². The van der Waals surface area contributed by atoms with Gasteiger partial charge >= 0.3 is 5.97 Å². The third-order valence-corrected chi connectivity index (χ3v) is 4.63. The Hall–Kier alpha value is -3.86. The maximum absolute atomic E-state index is 12.2. The zero-order valence-electron chi connectivity index (χ0n) is 16.8. The first kappa shape index (κ1) is 19.5. The number of nitrogens with zero attached hydrogens (tertiary/aromatic N) is 1. The number of methoxy groups -OCH3 is 1. The van der Waals surface area contributed by atoms with Crippen molar-refractivity contribution in [1.29, 1.82) is 0 Å². The highest BCUT2D eigenvalue weighted by molar-refractivity contribution is 6.12. The fourth-order valence-corrected chi connectivity index (χ4v) is 3.05. The molecule has 30 heavy (non-hydrogen) atoms. The van der Waals surface area contributed by atoms with Crippen molar-refractivity contribution in [3.8, 4) is 11.5 Å². The molecule has 0 N–H and O–H groups in total. The number of esters is 1. The van der Waals surface area contributed by atoms with E-state index in [4.69, 9.17) is 14.2 Å². The van der Waals surface area contributed by atoms with Gasteiger partial charge in [-0.2, -0.15) is 0 Å². The Balaban J connectivity index is 1.44. The number of rotatable bonds is 6. The van der Waals surface area contributed by atoms with Gasteiger partial charge in [-0.3, -0.25) is 0 Å². The average Bonchev–Trinajstić information content (AvgIpc) is 3.13. The molecule has 3 aromatic carbocycles. The smallest absolute Gasteiger partial charge is 0.363 e. The van der Waals surface area contributed by atoms with E-state index in [9.17, 15) is 4.79 Å². The summed E-state index contributed by atoms with van der Waals surface area (Å²) in [5, 5.41) is 0. The lowest BCUT2D eigenvalue weighted by Gasteiger charge is -2.07. The van der Waals surface area contributed by atoms with E-state index < -0.39 is 5.97 Å². The summed E-state index contributed by atoms with van der Waals surface area (Å²) in [6.45, 7) is 2.56. The minimum atomic E-state index is -0.472. The molecule has 0 amide bonds. The van der Waals surface area contributed by atoms with Crippen LogP contribution in [0.4, 0.5) is 0 Å². The number of aliphatic imine (C=N–C) groups is 1. The summed E-state index contributed by atoms with van der Waals surface area (Å²) in [4.78, 5) is 16.5. The van der Waals surface area contributed by atoms with E-state index in [1.54, 1.807) is 37.5 Å². The van der Waals surface area contributed by atoms with Gasteiger partial charge in [-0.05, 0) is 60.5 Å². The lowest BCUT2D eigenvalue weighted by Crippen LogP contribution is -2.05. The molecule has 5 nitrogen and oxygen atoms in total. The summed E-state index contributed by atoms with van der Waals surface area (Å²) in [6, 6.07) is 22.9. The van der Waals surface area contributed by atoms with Crippen molar-refractivity contribution in [1.82, 2.24) is 0 Å². The average molecular weight is 399 g/mol. The van der Waals surface area contributed by atoms with Crippen molar-refractivity contribution in [2.45, 2.75) is 13.5 Å². The molecule has 0 bridgehead atoms. The van der Waals surface area contributed by atoms with Crippen molar-refractivity contribution in [2.75, 3.05) is 7.11 Å². The fraction of sp³-hybridized carbons (Fsp3) is 0.120. The highest BCUT2D eigenvalue weighted by atomic mass is 16.6. The van der Waals surface area contributed by atoms with Crippen LogP contribution in [0, 0.1) is 6.92 Å². The maximum atomic E-state index is 12.2. The lowest BCUT2D eigenvalue weighted by molar-refractivity contribution is -0.129. The minimum absolute atomic E-state index is 0.259. The predicted molar refractivity (Wildman–Crippen MR) is 116 cm³/mol. The molecule has 0 radical (unpaired) electrons. The number of aryl methyl sites for hydroxylation is 1. The Labute approximate surface area is 175 Å². The van der Waals surface area contributed by atoms with Crippen molar-refractivity contribution >= 4 is 17.9 Å². The first-order chi connectivity index (χ1) is 14.6. The highest BCUT2D eigenvalue weighted by Crippen LogP contribution is 2.22. The van der Waals surface area contributed by atoms with Gasteiger partial charge in [0.2, 0.25) is 5.90 Å². The van der Waals surface area contributed by atoms with Gasteiger partial charge in [-0.1, -0.05) is 42.0 Å². The molecule has 150 valence electrons. The third kappa shape index (κ3) is 4.58. The Kier molecular flexibility index (Phi) is 5.61. The number of carbonyl (C=O) groups excluding carboxylic acids is 1. The van der Waals surface area contributed by atoms with Gasteiger partial charge < -0.3 is 14.2 Å². The molecule has 1 heterocycles. The zero-order valence-corrected chi connectivity index (χ0v) is 16.8. The molecule has 1 aliphatic rings. The number of ether oxygens (including phenoxy) is 3. The maximum Gasteiger partial charge on any atom is 0.363 e. The molecule has 0 aromatic heterocycles. The Morgan fingerprint density at radius 3 is 2.40 bits per heavy atom. The van der Waals surface area contributed by atoms with Gasteiger partial charge in [0.1, 0.15) is 18.1 Å². The van der Waals surface area contributed by atoms with Crippen LogP contribution in [0.25, 0.3) is 6.08 Å². The van der Waals surface area contributed by atoms with Gasteiger partial charge in [0.05, 0.1) is 7.11 Å². The lowest BCUT2D eigenvalue weighted by atomic mass is 10.1. The SMILES string of the molecule is COc1ccc(C2=N/C(=C\c3ccc(OCc4cccc(C)c4)cc3)C(=O)O2)cc1. The second-order valence-corrected chi connectivity index (χ2v) is 6.91. The van der Waals surface area contributed by atoms with Crippen LogP contribution in [0.15, 0.2) is 83.5 Å². The first-order valence-corrected chi connectivity index (χ1v) is 9.56. The Bertz CT molecular complexity index is 1110. The van der Waals surface area contributed by atoms with Crippen LogP contribution in [0.2, 0.25) is 0 Å². The Morgan fingerprint density at radius 2 is 1.70 bits per heavy atom. The van der Waals surface area contributed by atoms with E-state index in [1.165, 1.54) is 5.56 Å². The van der Waals surface area contributed by atoms with Crippen LogP contribution < -0.4 is 9.47 Å². The molecule has 0 saturated heterocycles. The van der Waals surface area contributed by atoms with Gasteiger partial charge in [0, 0.05) is 5.56 Å². The third-order valence-electron chi connectivity index (χ3n) is 4.63. The van der Waals surface area contributed by atoms with Crippen LogP contribution in [0.3, 0.4) is 0 Å². The monoisotopic (exact) mass is 399 g/mol. The van der Waals surface area contributed by atoms with Gasteiger partial charge in [0.15, 0.2) is 5.70 Å². The fourth-order valence-electron chi connectivity index (χ4n) is 3.05.